The number of anilines is 1. The van der Waals surface area contributed by atoms with Crippen molar-refractivity contribution in [1.82, 2.24) is 0 Å². The molecule has 2 aliphatic rings. The Morgan fingerprint density at radius 1 is 1.38 bits per heavy atom. The summed E-state index contributed by atoms with van der Waals surface area (Å²) in [5, 5.41) is 14.8. The second kappa shape index (κ2) is 5.92. The van der Waals surface area contributed by atoms with Crippen LogP contribution in [0.2, 0.25) is 0 Å². The third-order valence-corrected chi connectivity index (χ3v) is 4.72. The van der Waals surface area contributed by atoms with Gasteiger partial charge in [-0.1, -0.05) is 19.4 Å². The average molecular weight is 290 g/mol. The normalized spacial score (nSPS) is 26.8. The number of nitrogens with one attached hydrogen (secondary N) is 1. The van der Waals surface area contributed by atoms with Crippen LogP contribution < -0.4 is 10.1 Å². The topological polar surface area (TPSA) is 64.4 Å². The summed E-state index contributed by atoms with van der Waals surface area (Å²) in [4.78, 5) is 11.1. The van der Waals surface area contributed by atoms with E-state index in [0.717, 1.165) is 18.8 Å². The number of nitrogens with zero attached hydrogens (tertiary/aromatic N) is 1. The molecule has 0 aliphatic heterocycles. The van der Waals surface area contributed by atoms with Gasteiger partial charge in [-0.3, -0.25) is 10.1 Å². The molecule has 21 heavy (non-hydrogen) atoms. The summed E-state index contributed by atoms with van der Waals surface area (Å²) in [6.45, 7) is 2.49. The number of hydrogen-bond acceptors (Lipinski definition) is 4. The number of ether oxygens (including phenoxy) is 1. The SMILES string of the molecule is CCCOc1cccc(NC2CC3CCC2C3)c1[N+](=O)[O-]. The van der Waals surface area contributed by atoms with Crippen LogP contribution in [0.3, 0.4) is 0 Å². The van der Waals surface area contributed by atoms with Crippen LogP contribution in [0.4, 0.5) is 11.4 Å². The van der Waals surface area contributed by atoms with E-state index >= 15 is 0 Å². The van der Waals surface area contributed by atoms with E-state index < -0.39 is 0 Å². The molecule has 5 heteroatoms. The zero-order valence-corrected chi connectivity index (χ0v) is 12.4. The van der Waals surface area contributed by atoms with Gasteiger partial charge in [0, 0.05) is 6.04 Å². The third kappa shape index (κ3) is 2.82. The molecule has 3 atom stereocenters. The van der Waals surface area contributed by atoms with Crippen molar-refractivity contribution >= 4 is 11.4 Å². The maximum absolute atomic E-state index is 11.4. The zero-order valence-electron chi connectivity index (χ0n) is 12.4. The predicted molar refractivity (Wildman–Crippen MR) is 81.7 cm³/mol. The van der Waals surface area contributed by atoms with Crippen molar-refractivity contribution in [1.29, 1.82) is 0 Å². The monoisotopic (exact) mass is 290 g/mol. The van der Waals surface area contributed by atoms with Crippen molar-refractivity contribution in [3.63, 3.8) is 0 Å². The first-order chi connectivity index (χ1) is 10.2. The molecule has 3 rings (SSSR count). The lowest BCUT2D eigenvalue weighted by atomic mass is 9.95. The number of nitro benzene ring substituents is 1. The third-order valence-electron chi connectivity index (χ3n) is 4.72. The van der Waals surface area contributed by atoms with Crippen LogP contribution in [0.1, 0.15) is 39.0 Å². The van der Waals surface area contributed by atoms with Gasteiger partial charge in [-0.25, -0.2) is 0 Å². The van der Waals surface area contributed by atoms with Crippen molar-refractivity contribution in [3.8, 4) is 5.75 Å². The van der Waals surface area contributed by atoms with Crippen LogP contribution in [-0.4, -0.2) is 17.6 Å². The molecule has 0 heterocycles. The lowest BCUT2D eigenvalue weighted by Gasteiger charge is -2.24. The van der Waals surface area contributed by atoms with Crippen molar-refractivity contribution in [2.75, 3.05) is 11.9 Å². The molecule has 114 valence electrons. The van der Waals surface area contributed by atoms with Crippen LogP contribution in [0, 0.1) is 22.0 Å². The Bertz CT molecular complexity index is 532. The molecule has 1 aromatic carbocycles. The lowest BCUT2D eigenvalue weighted by molar-refractivity contribution is -0.385. The van der Waals surface area contributed by atoms with E-state index in [-0.39, 0.29) is 10.6 Å². The second-order valence-corrected chi connectivity index (χ2v) is 6.18. The minimum absolute atomic E-state index is 0.0775. The summed E-state index contributed by atoms with van der Waals surface area (Å²) in [6, 6.07) is 5.68. The molecule has 2 fully saturated rings. The Kier molecular flexibility index (Phi) is 3.99. The summed E-state index contributed by atoms with van der Waals surface area (Å²) >= 11 is 0. The molecule has 0 saturated heterocycles. The largest absolute Gasteiger partial charge is 0.487 e. The summed E-state index contributed by atoms with van der Waals surface area (Å²) in [5.41, 5.74) is 0.680. The van der Waals surface area contributed by atoms with Gasteiger partial charge in [-0.05, 0) is 49.7 Å². The van der Waals surface area contributed by atoms with Crippen LogP contribution >= 0.6 is 0 Å². The average Bonchev–Trinajstić information content (AvgIpc) is 3.07. The standard InChI is InChI=1S/C16H22N2O3/c1-2-8-21-15-5-3-4-13(16(15)18(19)20)17-14-10-11-6-7-12(14)9-11/h3-5,11-12,14,17H,2,6-10H2,1H3. The molecule has 0 aromatic heterocycles. The quantitative estimate of drug-likeness (QED) is 0.635. The molecule has 2 bridgehead atoms. The van der Waals surface area contributed by atoms with Gasteiger partial charge in [0.1, 0.15) is 5.69 Å². The minimum Gasteiger partial charge on any atom is -0.487 e. The van der Waals surface area contributed by atoms with Gasteiger partial charge in [-0.15, -0.1) is 0 Å². The Morgan fingerprint density at radius 2 is 2.24 bits per heavy atom. The van der Waals surface area contributed by atoms with E-state index in [0.29, 0.717) is 30.0 Å². The number of benzene rings is 1. The molecule has 0 spiro atoms. The molecule has 0 amide bonds. The maximum Gasteiger partial charge on any atom is 0.333 e. The highest BCUT2D eigenvalue weighted by Gasteiger charge is 2.40. The molecule has 2 aliphatic carbocycles. The van der Waals surface area contributed by atoms with Gasteiger partial charge in [0.2, 0.25) is 0 Å². The fraction of sp³-hybridized carbons (Fsp3) is 0.625. The van der Waals surface area contributed by atoms with Crippen LogP contribution in [0.5, 0.6) is 5.75 Å². The number of nitro groups is 1. The van der Waals surface area contributed by atoms with Gasteiger partial charge in [0.15, 0.2) is 5.75 Å². The van der Waals surface area contributed by atoms with Crippen LogP contribution in [0.15, 0.2) is 18.2 Å². The first-order valence-corrected chi connectivity index (χ1v) is 7.85. The molecule has 5 nitrogen and oxygen atoms in total. The van der Waals surface area contributed by atoms with Crippen LogP contribution in [-0.2, 0) is 0 Å². The van der Waals surface area contributed by atoms with E-state index in [1.165, 1.54) is 19.3 Å². The molecule has 1 aromatic rings. The van der Waals surface area contributed by atoms with Crippen molar-refractivity contribution in [3.05, 3.63) is 28.3 Å². The predicted octanol–water partition coefficient (Wildman–Crippen LogP) is 3.98. The van der Waals surface area contributed by atoms with Gasteiger partial charge in [0.25, 0.3) is 0 Å². The fourth-order valence-corrected chi connectivity index (χ4v) is 3.78. The molecule has 0 radical (unpaired) electrons. The lowest BCUT2D eigenvalue weighted by Crippen LogP contribution is -2.26. The molecular formula is C16H22N2O3. The Balaban J connectivity index is 1.82. The van der Waals surface area contributed by atoms with Gasteiger partial charge >= 0.3 is 5.69 Å². The van der Waals surface area contributed by atoms with Crippen molar-refractivity contribution in [2.45, 2.75) is 45.1 Å². The molecule has 3 unspecified atom stereocenters. The fourth-order valence-electron chi connectivity index (χ4n) is 3.78. The first kappa shape index (κ1) is 14.2. The van der Waals surface area contributed by atoms with E-state index in [9.17, 15) is 10.1 Å². The highest BCUT2D eigenvalue weighted by Crippen LogP contribution is 2.46. The summed E-state index contributed by atoms with van der Waals surface area (Å²) < 4.78 is 5.53. The minimum atomic E-state index is -0.333. The molecule has 2 saturated carbocycles. The summed E-state index contributed by atoms with van der Waals surface area (Å²) in [7, 11) is 0. The Morgan fingerprint density at radius 3 is 2.86 bits per heavy atom. The number of para-hydroxylation sites is 1. The summed E-state index contributed by atoms with van der Waals surface area (Å²) in [5.74, 6) is 1.86. The van der Waals surface area contributed by atoms with E-state index in [1.807, 2.05) is 13.0 Å². The number of fused-ring (bicyclic) bond motifs is 2. The smallest absolute Gasteiger partial charge is 0.333 e. The van der Waals surface area contributed by atoms with Crippen molar-refractivity contribution in [2.24, 2.45) is 11.8 Å². The number of rotatable bonds is 6. The van der Waals surface area contributed by atoms with E-state index in [1.54, 1.807) is 12.1 Å². The number of hydrogen-bond donors (Lipinski definition) is 1. The van der Waals surface area contributed by atoms with E-state index in [2.05, 4.69) is 5.32 Å². The Hall–Kier alpha value is -1.78. The second-order valence-electron chi connectivity index (χ2n) is 6.18. The van der Waals surface area contributed by atoms with E-state index in [4.69, 9.17) is 4.74 Å². The first-order valence-electron chi connectivity index (χ1n) is 7.85. The van der Waals surface area contributed by atoms with Gasteiger partial charge in [0.05, 0.1) is 11.5 Å². The van der Waals surface area contributed by atoms with Crippen molar-refractivity contribution < 1.29 is 9.66 Å². The van der Waals surface area contributed by atoms with Crippen LogP contribution in [0.25, 0.3) is 0 Å². The summed E-state index contributed by atoms with van der Waals surface area (Å²) in [6.07, 6.45) is 5.83. The molecule has 1 N–H and O–H groups in total. The zero-order chi connectivity index (χ0) is 14.8. The van der Waals surface area contributed by atoms with Gasteiger partial charge in [-0.2, -0.15) is 0 Å². The Labute approximate surface area is 124 Å². The maximum atomic E-state index is 11.4. The highest BCUT2D eigenvalue weighted by atomic mass is 16.6. The molecular weight excluding hydrogens is 268 g/mol. The van der Waals surface area contributed by atoms with Gasteiger partial charge < -0.3 is 10.1 Å². The highest BCUT2D eigenvalue weighted by molar-refractivity contribution is 5.68.